The Morgan fingerprint density at radius 1 is 1.04 bits per heavy atom. The van der Waals surface area contributed by atoms with Crippen molar-refractivity contribution in [2.45, 2.75) is 26.3 Å². The molecular weight excluding hydrogens is 332 g/mol. The summed E-state index contributed by atoms with van der Waals surface area (Å²) in [6.45, 7) is 3.15. The van der Waals surface area contributed by atoms with Gasteiger partial charge in [-0.25, -0.2) is 0 Å². The molecule has 0 spiro atoms. The molecule has 0 N–H and O–H groups in total. The number of rotatable bonds is 7. The number of aryl methyl sites for hydroxylation is 2. The minimum atomic E-state index is -0.433. The molecule has 0 saturated heterocycles. The van der Waals surface area contributed by atoms with Crippen LogP contribution < -0.4 is 10.3 Å². The van der Waals surface area contributed by atoms with Gasteiger partial charge in [0, 0.05) is 30.1 Å². The van der Waals surface area contributed by atoms with E-state index in [4.69, 9.17) is 4.74 Å². The quantitative estimate of drug-likeness (QED) is 0.365. The molecule has 1 heterocycles. The standard InChI is InChI=1S/C20H20N2O4/c1-15-4-8-18(9-5-15)26-13-3-2-12-21-19-10-7-17(22(24)25)14-16(19)6-11-20(21)23/h4-11,14H,2-3,12-13H2,1H3. The molecule has 0 aliphatic heterocycles. The van der Waals surface area contributed by atoms with Crippen molar-refractivity contribution in [3.63, 3.8) is 0 Å². The lowest BCUT2D eigenvalue weighted by atomic mass is 10.2. The Morgan fingerprint density at radius 3 is 2.54 bits per heavy atom. The second-order valence-corrected chi connectivity index (χ2v) is 6.19. The Morgan fingerprint density at radius 2 is 1.81 bits per heavy atom. The van der Waals surface area contributed by atoms with Gasteiger partial charge in [-0.05, 0) is 44.0 Å². The first-order valence-corrected chi connectivity index (χ1v) is 8.52. The predicted molar refractivity (Wildman–Crippen MR) is 101 cm³/mol. The molecule has 0 saturated carbocycles. The molecule has 0 amide bonds. The zero-order valence-electron chi connectivity index (χ0n) is 14.6. The summed E-state index contributed by atoms with van der Waals surface area (Å²) < 4.78 is 7.35. The Bertz CT molecular complexity index is 977. The highest BCUT2D eigenvalue weighted by molar-refractivity contribution is 5.81. The third-order valence-corrected chi connectivity index (χ3v) is 4.25. The van der Waals surface area contributed by atoms with Crippen molar-refractivity contribution in [1.82, 2.24) is 4.57 Å². The monoisotopic (exact) mass is 352 g/mol. The van der Waals surface area contributed by atoms with E-state index in [9.17, 15) is 14.9 Å². The number of fused-ring (bicyclic) bond motifs is 1. The van der Waals surface area contributed by atoms with Gasteiger partial charge in [-0.2, -0.15) is 0 Å². The fourth-order valence-electron chi connectivity index (χ4n) is 2.83. The van der Waals surface area contributed by atoms with Gasteiger partial charge in [0.1, 0.15) is 5.75 Å². The van der Waals surface area contributed by atoms with Gasteiger partial charge in [0.15, 0.2) is 0 Å². The van der Waals surface area contributed by atoms with Gasteiger partial charge in [0.05, 0.1) is 17.0 Å². The molecule has 1 aromatic heterocycles. The Labute approximate surface area is 150 Å². The highest BCUT2D eigenvalue weighted by atomic mass is 16.6. The van der Waals surface area contributed by atoms with Crippen molar-refractivity contribution < 1.29 is 9.66 Å². The summed E-state index contributed by atoms with van der Waals surface area (Å²) in [5.74, 6) is 0.838. The van der Waals surface area contributed by atoms with E-state index < -0.39 is 4.92 Å². The fraction of sp³-hybridized carbons (Fsp3) is 0.250. The molecule has 0 atom stereocenters. The molecule has 0 radical (unpaired) electrons. The average Bonchev–Trinajstić information content (AvgIpc) is 2.64. The minimum Gasteiger partial charge on any atom is -0.494 e. The molecule has 0 fully saturated rings. The molecule has 6 nitrogen and oxygen atoms in total. The second-order valence-electron chi connectivity index (χ2n) is 6.19. The predicted octanol–water partition coefficient (Wildman–Crippen LogP) is 4.08. The Kier molecular flexibility index (Phi) is 5.31. The normalized spacial score (nSPS) is 10.8. The van der Waals surface area contributed by atoms with E-state index in [0.717, 1.165) is 18.6 Å². The van der Waals surface area contributed by atoms with Gasteiger partial charge in [-0.3, -0.25) is 14.9 Å². The van der Waals surface area contributed by atoms with Crippen LogP contribution in [-0.2, 0) is 6.54 Å². The molecule has 2 aromatic carbocycles. The van der Waals surface area contributed by atoms with Gasteiger partial charge in [-0.15, -0.1) is 0 Å². The van der Waals surface area contributed by atoms with Crippen LogP contribution in [0.15, 0.2) is 59.4 Å². The first kappa shape index (κ1) is 17.7. The number of hydrogen-bond acceptors (Lipinski definition) is 4. The lowest BCUT2D eigenvalue weighted by Crippen LogP contribution is -2.19. The van der Waals surface area contributed by atoms with E-state index in [2.05, 4.69) is 0 Å². The van der Waals surface area contributed by atoms with Crippen molar-refractivity contribution in [3.05, 3.63) is 80.6 Å². The molecule has 0 bridgehead atoms. The van der Waals surface area contributed by atoms with Crippen molar-refractivity contribution >= 4 is 16.6 Å². The maximum absolute atomic E-state index is 12.2. The first-order valence-electron chi connectivity index (χ1n) is 8.52. The molecule has 6 heteroatoms. The minimum absolute atomic E-state index is 0.0224. The van der Waals surface area contributed by atoms with Crippen molar-refractivity contribution in [2.75, 3.05) is 6.61 Å². The van der Waals surface area contributed by atoms with Crippen LogP contribution in [0.1, 0.15) is 18.4 Å². The van der Waals surface area contributed by atoms with Crippen molar-refractivity contribution in [2.24, 2.45) is 0 Å². The van der Waals surface area contributed by atoms with E-state index in [1.807, 2.05) is 31.2 Å². The summed E-state index contributed by atoms with van der Waals surface area (Å²) in [6.07, 6.45) is 1.59. The van der Waals surface area contributed by atoms with E-state index in [1.165, 1.54) is 23.8 Å². The third kappa shape index (κ3) is 4.08. The van der Waals surface area contributed by atoms with Gasteiger partial charge < -0.3 is 9.30 Å². The number of hydrogen-bond donors (Lipinski definition) is 0. The largest absolute Gasteiger partial charge is 0.494 e. The lowest BCUT2D eigenvalue weighted by Gasteiger charge is -2.10. The highest BCUT2D eigenvalue weighted by Gasteiger charge is 2.09. The van der Waals surface area contributed by atoms with Crippen LogP contribution >= 0.6 is 0 Å². The summed E-state index contributed by atoms with van der Waals surface area (Å²) in [7, 11) is 0. The molecule has 3 rings (SSSR count). The number of pyridine rings is 1. The second kappa shape index (κ2) is 7.82. The number of ether oxygens (including phenoxy) is 1. The fourth-order valence-corrected chi connectivity index (χ4v) is 2.83. The highest BCUT2D eigenvalue weighted by Crippen LogP contribution is 2.20. The number of aromatic nitrogens is 1. The molecule has 3 aromatic rings. The van der Waals surface area contributed by atoms with Crippen LogP contribution in [0.2, 0.25) is 0 Å². The molecule has 0 unspecified atom stereocenters. The van der Waals surface area contributed by atoms with Gasteiger partial charge in [-0.1, -0.05) is 17.7 Å². The average molecular weight is 352 g/mol. The number of benzene rings is 2. The van der Waals surface area contributed by atoms with Crippen LogP contribution in [-0.4, -0.2) is 16.1 Å². The van der Waals surface area contributed by atoms with E-state index >= 15 is 0 Å². The van der Waals surface area contributed by atoms with E-state index in [-0.39, 0.29) is 11.2 Å². The lowest BCUT2D eigenvalue weighted by molar-refractivity contribution is -0.384. The number of nitrogens with zero attached hydrogens (tertiary/aromatic N) is 2. The summed E-state index contributed by atoms with van der Waals surface area (Å²) >= 11 is 0. The van der Waals surface area contributed by atoms with Gasteiger partial charge in [0.25, 0.3) is 11.2 Å². The summed E-state index contributed by atoms with van der Waals surface area (Å²) in [6, 6.07) is 15.5. The van der Waals surface area contributed by atoms with E-state index in [0.29, 0.717) is 24.1 Å². The topological polar surface area (TPSA) is 74.4 Å². The zero-order chi connectivity index (χ0) is 18.5. The summed E-state index contributed by atoms with van der Waals surface area (Å²) in [4.78, 5) is 22.6. The number of unbranched alkanes of at least 4 members (excludes halogenated alkanes) is 1. The molecule has 26 heavy (non-hydrogen) atoms. The molecule has 134 valence electrons. The van der Waals surface area contributed by atoms with Crippen LogP contribution in [0.25, 0.3) is 10.9 Å². The van der Waals surface area contributed by atoms with Crippen molar-refractivity contribution in [3.8, 4) is 5.75 Å². The van der Waals surface area contributed by atoms with Gasteiger partial charge in [0.2, 0.25) is 0 Å². The van der Waals surface area contributed by atoms with E-state index in [1.54, 1.807) is 16.7 Å². The van der Waals surface area contributed by atoms with Crippen LogP contribution in [0, 0.1) is 17.0 Å². The van der Waals surface area contributed by atoms with Crippen LogP contribution in [0.3, 0.4) is 0 Å². The molecule has 0 aliphatic carbocycles. The van der Waals surface area contributed by atoms with Crippen LogP contribution in [0.5, 0.6) is 5.75 Å². The third-order valence-electron chi connectivity index (χ3n) is 4.25. The molecule has 0 aliphatic rings. The zero-order valence-corrected chi connectivity index (χ0v) is 14.6. The first-order chi connectivity index (χ1) is 12.5. The summed E-state index contributed by atoms with van der Waals surface area (Å²) in [5.41, 5.74) is 1.82. The molecular formula is C20H20N2O4. The Balaban J connectivity index is 1.63. The van der Waals surface area contributed by atoms with Gasteiger partial charge >= 0.3 is 0 Å². The SMILES string of the molecule is Cc1ccc(OCCCCn2c(=O)ccc3cc([N+](=O)[O-])ccc32)cc1. The number of nitro groups is 1. The maximum Gasteiger partial charge on any atom is 0.270 e. The Hall–Kier alpha value is -3.15. The maximum atomic E-state index is 12.2. The number of nitro benzene ring substituents is 1. The summed E-state index contributed by atoms with van der Waals surface area (Å²) in [5, 5.41) is 11.6. The van der Waals surface area contributed by atoms with Crippen LogP contribution in [0.4, 0.5) is 5.69 Å². The van der Waals surface area contributed by atoms with Crippen molar-refractivity contribution in [1.29, 1.82) is 0 Å². The number of non-ortho nitro benzene ring substituents is 1. The smallest absolute Gasteiger partial charge is 0.270 e.